The summed E-state index contributed by atoms with van der Waals surface area (Å²) in [6.07, 6.45) is -0.274. The number of hydrogen-bond donors (Lipinski definition) is 1. The third-order valence-electron chi connectivity index (χ3n) is 3.64. The SMILES string of the molecule is COc1ccc([C@@H]2CN(C(=O)OC(C)(C)C)CCN2)cc1OC. The van der Waals surface area contributed by atoms with E-state index >= 15 is 0 Å². The van der Waals surface area contributed by atoms with E-state index in [2.05, 4.69) is 5.32 Å². The van der Waals surface area contributed by atoms with E-state index in [9.17, 15) is 4.79 Å². The monoisotopic (exact) mass is 322 g/mol. The van der Waals surface area contributed by atoms with Crippen LogP contribution in [-0.2, 0) is 4.74 Å². The Morgan fingerprint density at radius 1 is 1.22 bits per heavy atom. The van der Waals surface area contributed by atoms with Crippen molar-refractivity contribution in [2.24, 2.45) is 0 Å². The maximum absolute atomic E-state index is 12.2. The number of nitrogens with one attached hydrogen (secondary N) is 1. The fourth-order valence-electron chi connectivity index (χ4n) is 2.54. The van der Waals surface area contributed by atoms with Crippen molar-refractivity contribution in [2.75, 3.05) is 33.9 Å². The lowest BCUT2D eigenvalue weighted by Gasteiger charge is -2.35. The fraction of sp³-hybridized carbons (Fsp3) is 0.588. The molecule has 1 fully saturated rings. The van der Waals surface area contributed by atoms with Gasteiger partial charge in [-0.2, -0.15) is 0 Å². The normalized spacial score (nSPS) is 18.5. The Morgan fingerprint density at radius 2 is 1.91 bits per heavy atom. The lowest BCUT2D eigenvalue weighted by Crippen LogP contribution is -2.49. The number of rotatable bonds is 3. The summed E-state index contributed by atoms with van der Waals surface area (Å²) < 4.78 is 16.1. The van der Waals surface area contributed by atoms with Gasteiger partial charge in [0.1, 0.15) is 5.60 Å². The van der Waals surface area contributed by atoms with E-state index in [-0.39, 0.29) is 12.1 Å². The molecule has 2 rings (SSSR count). The quantitative estimate of drug-likeness (QED) is 0.927. The van der Waals surface area contributed by atoms with Crippen LogP contribution in [0.2, 0.25) is 0 Å². The standard InChI is InChI=1S/C17H26N2O4/c1-17(2,3)23-16(20)19-9-8-18-13(11-19)12-6-7-14(21-4)15(10-12)22-5/h6-7,10,13,18H,8-9,11H2,1-5H3/t13-/m0/s1. The van der Waals surface area contributed by atoms with Crippen molar-refractivity contribution in [2.45, 2.75) is 32.4 Å². The van der Waals surface area contributed by atoms with Gasteiger partial charge in [-0.1, -0.05) is 6.07 Å². The van der Waals surface area contributed by atoms with E-state index in [0.29, 0.717) is 24.6 Å². The van der Waals surface area contributed by atoms with E-state index in [4.69, 9.17) is 14.2 Å². The topological polar surface area (TPSA) is 60.0 Å². The maximum Gasteiger partial charge on any atom is 0.410 e. The highest BCUT2D eigenvalue weighted by molar-refractivity contribution is 5.68. The molecule has 1 atom stereocenters. The number of ether oxygens (including phenoxy) is 3. The molecule has 0 unspecified atom stereocenters. The van der Waals surface area contributed by atoms with Crippen LogP contribution in [0.4, 0.5) is 4.79 Å². The zero-order valence-electron chi connectivity index (χ0n) is 14.5. The molecule has 0 saturated carbocycles. The van der Waals surface area contributed by atoms with Crippen molar-refractivity contribution in [3.05, 3.63) is 23.8 Å². The molecule has 1 heterocycles. The second-order valence-corrected chi connectivity index (χ2v) is 6.55. The highest BCUT2D eigenvalue weighted by Crippen LogP contribution is 2.31. The van der Waals surface area contributed by atoms with E-state index in [1.807, 2.05) is 39.0 Å². The molecule has 6 nitrogen and oxygen atoms in total. The van der Waals surface area contributed by atoms with Crippen LogP contribution >= 0.6 is 0 Å². The summed E-state index contributed by atoms with van der Waals surface area (Å²) in [6.45, 7) is 7.54. The molecule has 1 aromatic carbocycles. The molecule has 0 radical (unpaired) electrons. The van der Waals surface area contributed by atoms with Crippen molar-refractivity contribution >= 4 is 6.09 Å². The molecule has 1 aliphatic rings. The van der Waals surface area contributed by atoms with Gasteiger partial charge in [0.05, 0.1) is 20.3 Å². The largest absolute Gasteiger partial charge is 0.493 e. The molecule has 1 N–H and O–H groups in total. The number of nitrogens with zero attached hydrogens (tertiary/aromatic N) is 1. The average Bonchev–Trinajstić information content (AvgIpc) is 2.52. The summed E-state index contributed by atoms with van der Waals surface area (Å²) >= 11 is 0. The fourth-order valence-corrected chi connectivity index (χ4v) is 2.54. The van der Waals surface area contributed by atoms with E-state index < -0.39 is 5.60 Å². The molecule has 1 amide bonds. The number of methoxy groups -OCH3 is 2. The Labute approximate surface area is 137 Å². The number of amides is 1. The highest BCUT2D eigenvalue weighted by Gasteiger charge is 2.28. The first kappa shape index (κ1) is 17.4. The summed E-state index contributed by atoms with van der Waals surface area (Å²) in [7, 11) is 3.23. The smallest absolute Gasteiger partial charge is 0.410 e. The van der Waals surface area contributed by atoms with E-state index in [1.165, 1.54) is 0 Å². The molecule has 0 aromatic heterocycles. The summed E-state index contributed by atoms with van der Waals surface area (Å²) in [4.78, 5) is 14.0. The Morgan fingerprint density at radius 3 is 2.52 bits per heavy atom. The lowest BCUT2D eigenvalue weighted by atomic mass is 10.0. The van der Waals surface area contributed by atoms with Crippen LogP contribution in [0.25, 0.3) is 0 Å². The Hall–Kier alpha value is -1.95. The van der Waals surface area contributed by atoms with Gasteiger partial charge in [0.25, 0.3) is 0 Å². The minimum atomic E-state index is -0.485. The van der Waals surface area contributed by atoms with Gasteiger partial charge >= 0.3 is 6.09 Å². The number of carbonyl (C=O) groups is 1. The van der Waals surface area contributed by atoms with Crippen LogP contribution in [0.1, 0.15) is 32.4 Å². The Bertz CT molecular complexity index is 554. The van der Waals surface area contributed by atoms with Crippen LogP contribution < -0.4 is 14.8 Å². The molecule has 1 saturated heterocycles. The van der Waals surface area contributed by atoms with Crippen LogP contribution in [0.15, 0.2) is 18.2 Å². The first-order valence-corrected chi connectivity index (χ1v) is 7.77. The van der Waals surface area contributed by atoms with Gasteiger partial charge in [0.15, 0.2) is 11.5 Å². The van der Waals surface area contributed by atoms with Crippen LogP contribution in [-0.4, -0.2) is 50.4 Å². The summed E-state index contributed by atoms with van der Waals surface area (Å²) in [6, 6.07) is 5.84. The third-order valence-corrected chi connectivity index (χ3v) is 3.64. The molecule has 128 valence electrons. The minimum Gasteiger partial charge on any atom is -0.493 e. The lowest BCUT2D eigenvalue weighted by molar-refractivity contribution is 0.0195. The second kappa shape index (κ2) is 7.08. The predicted octanol–water partition coefficient (Wildman–Crippen LogP) is 2.59. The van der Waals surface area contributed by atoms with Crippen molar-refractivity contribution in [1.29, 1.82) is 0 Å². The van der Waals surface area contributed by atoms with Crippen molar-refractivity contribution < 1.29 is 19.0 Å². The van der Waals surface area contributed by atoms with Gasteiger partial charge in [0.2, 0.25) is 0 Å². The molecular formula is C17H26N2O4. The molecule has 0 spiro atoms. The number of piperazine rings is 1. The maximum atomic E-state index is 12.2. The minimum absolute atomic E-state index is 0.0380. The Balaban J connectivity index is 2.10. The van der Waals surface area contributed by atoms with Gasteiger partial charge in [-0.3, -0.25) is 0 Å². The third kappa shape index (κ3) is 4.51. The predicted molar refractivity (Wildman–Crippen MR) is 88.1 cm³/mol. The zero-order chi connectivity index (χ0) is 17.0. The summed E-state index contributed by atoms with van der Waals surface area (Å²) in [5, 5.41) is 3.43. The van der Waals surface area contributed by atoms with Gasteiger partial charge in [0, 0.05) is 19.6 Å². The van der Waals surface area contributed by atoms with Gasteiger partial charge < -0.3 is 24.4 Å². The average molecular weight is 322 g/mol. The molecule has 6 heteroatoms. The molecule has 0 bridgehead atoms. The van der Waals surface area contributed by atoms with Gasteiger partial charge in [-0.25, -0.2) is 4.79 Å². The van der Waals surface area contributed by atoms with Crippen LogP contribution in [0, 0.1) is 0 Å². The van der Waals surface area contributed by atoms with Crippen LogP contribution in [0.5, 0.6) is 11.5 Å². The van der Waals surface area contributed by atoms with Crippen molar-refractivity contribution in [3.63, 3.8) is 0 Å². The van der Waals surface area contributed by atoms with Crippen LogP contribution in [0.3, 0.4) is 0 Å². The summed E-state index contributed by atoms with van der Waals surface area (Å²) in [5.41, 5.74) is 0.566. The molecule has 1 aromatic rings. The van der Waals surface area contributed by atoms with Crippen molar-refractivity contribution in [1.82, 2.24) is 10.2 Å². The molecule has 1 aliphatic heterocycles. The number of benzene rings is 1. The second-order valence-electron chi connectivity index (χ2n) is 6.55. The molecule has 0 aliphatic carbocycles. The van der Waals surface area contributed by atoms with E-state index in [1.54, 1.807) is 19.1 Å². The van der Waals surface area contributed by atoms with Gasteiger partial charge in [-0.15, -0.1) is 0 Å². The summed E-state index contributed by atoms with van der Waals surface area (Å²) in [5.74, 6) is 1.37. The van der Waals surface area contributed by atoms with Crippen molar-refractivity contribution in [3.8, 4) is 11.5 Å². The number of carbonyl (C=O) groups excluding carboxylic acids is 1. The van der Waals surface area contributed by atoms with E-state index in [0.717, 1.165) is 12.1 Å². The first-order chi connectivity index (χ1) is 10.8. The first-order valence-electron chi connectivity index (χ1n) is 7.77. The highest BCUT2D eigenvalue weighted by atomic mass is 16.6. The molecular weight excluding hydrogens is 296 g/mol. The zero-order valence-corrected chi connectivity index (χ0v) is 14.5. The molecule has 23 heavy (non-hydrogen) atoms. The van der Waals surface area contributed by atoms with Gasteiger partial charge in [-0.05, 0) is 38.5 Å². The number of hydrogen-bond acceptors (Lipinski definition) is 5. The Kier molecular flexibility index (Phi) is 5.36.